The fourth-order valence-corrected chi connectivity index (χ4v) is 4.55. The van der Waals surface area contributed by atoms with Crippen LogP contribution < -0.4 is 5.32 Å². The van der Waals surface area contributed by atoms with Gasteiger partial charge < -0.3 is 0 Å². The standard InChI is InChI=1S/C18H16FN3OS3/c19-15-8-6-14(7-9-15)10-24-12-16(23)20-17-21-22-18(26-17)25-11-13-4-2-1-3-5-13/h1-9H,10-12H2,(H,20,21,23). The summed E-state index contributed by atoms with van der Waals surface area (Å²) in [5.74, 6) is 1.41. The molecule has 1 amide bonds. The molecule has 1 heterocycles. The number of benzene rings is 2. The number of carbonyl (C=O) groups is 1. The van der Waals surface area contributed by atoms with Crippen LogP contribution in [0.3, 0.4) is 0 Å². The van der Waals surface area contributed by atoms with E-state index in [1.54, 1.807) is 23.9 Å². The molecule has 0 aliphatic carbocycles. The van der Waals surface area contributed by atoms with E-state index in [1.807, 2.05) is 18.2 Å². The number of anilines is 1. The van der Waals surface area contributed by atoms with Crippen molar-refractivity contribution in [1.29, 1.82) is 0 Å². The molecule has 0 radical (unpaired) electrons. The Kier molecular flexibility index (Phi) is 7.04. The number of aromatic nitrogens is 2. The summed E-state index contributed by atoms with van der Waals surface area (Å²) in [5.41, 5.74) is 2.20. The van der Waals surface area contributed by atoms with Gasteiger partial charge in [-0.15, -0.1) is 22.0 Å². The molecule has 0 saturated heterocycles. The third kappa shape index (κ3) is 6.12. The Balaban J connectivity index is 1.40. The van der Waals surface area contributed by atoms with Gasteiger partial charge in [-0.3, -0.25) is 10.1 Å². The minimum atomic E-state index is -0.256. The van der Waals surface area contributed by atoms with Crippen LogP contribution in [-0.4, -0.2) is 21.9 Å². The van der Waals surface area contributed by atoms with E-state index in [0.29, 0.717) is 16.6 Å². The van der Waals surface area contributed by atoms with Crippen molar-refractivity contribution >= 4 is 45.9 Å². The molecular weight excluding hydrogens is 389 g/mol. The third-order valence-electron chi connectivity index (χ3n) is 3.27. The lowest BCUT2D eigenvalue weighted by molar-refractivity contribution is -0.113. The monoisotopic (exact) mass is 405 g/mol. The van der Waals surface area contributed by atoms with Crippen LogP contribution in [0.1, 0.15) is 11.1 Å². The van der Waals surface area contributed by atoms with Crippen LogP contribution in [-0.2, 0) is 16.3 Å². The van der Waals surface area contributed by atoms with Gasteiger partial charge in [0.05, 0.1) is 5.75 Å². The van der Waals surface area contributed by atoms with Gasteiger partial charge in [0.2, 0.25) is 11.0 Å². The highest BCUT2D eigenvalue weighted by atomic mass is 32.2. The van der Waals surface area contributed by atoms with Crippen molar-refractivity contribution < 1.29 is 9.18 Å². The van der Waals surface area contributed by atoms with Crippen LogP contribution >= 0.6 is 34.9 Å². The Labute approximate surface area is 163 Å². The normalized spacial score (nSPS) is 10.7. The maximum Gasteiger partial charge on any atom is 0.236 e. The van der Waals surface area contributed by atoms with Crippen LogP contribution in [0.2, 0.25) is 0 Å². The second-order valence-corrected chi connectivity index (χ2v) is 8.50. The molecule has 0 aliphatic heterocycles. The Bertz CT molecular complexity index is 840. The van der Waals surface area contributed by atoms with Crippen molar-refractivity contribution in [2.45, 2.75) is 15.8 Å². The second kappa shape index (κ2) is 9.70. The van der Waals surface area contributed by atoms with E-state index >= 15 is 0 Å². The molecule has 1 N–H and O–H groups in total. The molecule has 0 atom stereocenters. The van der Waals surface area contributed by atoms with Gasteiger partial charge in [0, 0.05) is 11.5 Å². The Morgan fingerprint density at radius 2 is 1.73 bits per heavy atom. The van der Waals surface area contributed by atoms with E-state index in [-0.39, 0.29) is 11.7 Å². The molecule has 0 aliphatic rings. The van der Waals surface area contributed by atoms with Crippen LogP contribution in [0, 0.1) is 5.82 Å². The largest absolute Gasteiger partial charge is 0.300 e. The van der Waals surface area contributed by atoms with E-state index in [1.165, 1.54) is 40.8 Å². The van der Waals surface area contributed by atoms with Crippen molar-refractivity contribution in [3.05, 3.63) is 71.5 Å². The average Bonchev–Trinajstić information content (AvgIpc) is 3.10. The summed E-state index contributed by atoms with van der Waals surface area (Å²) in [6.07, 6.45) is 0. The molecule has 0 unspecified atom stereocenters. The summed E-state index contributed by atoms with van der Waals surface area (Å²) in [6, 6.07) is 16.4. The lowest BCUT2D eigenvalue weighted by Crippen LogP contribution is -2.13. The minimum absolute atomic E-state index is 0.118. The predicted molar refractivity (Wildman–Crippen MR) is 107 cm³/mol. The SMILES string of the molecule is O=C(CSCc1ccc(F)cc1)Nc1nnc(SCc2ccccc2)s1. The fraction of sp³-hybridized carbons (Fsp3) is 0.167. The Hall–Kier alpha value is -1.90. The van der Waals surface area contributed by atoms with E-state index in [0.717, 1.165) is 15.7 Å². The maximum absolute atomic E-state index is 12.8. The maximum atomic E-state index is 12.8. The summed E-state index contributed by atoms with van der Waals surface area (Å²) in [5, 5.41) is 11.4. The Morgan fingerprint density at radius 1 is 1.00 bits per heavy atom. The van der Waals surface area contributed by atoms with Gasteiger partial charge in [-0.2, -0.15) is 0 Å². The number of hydrogen-bond acceptors (Lipinski definition) is 6. The zero-order valence-corrected chi connectivity index (χ0v) is 16.2. The molecule has 0 saturated carbocycles. The number of thioether (sulfide) groups is 2. The minimum Gasteiger partial charge on any atom is -0.300 e. The smallest absolute Gasteiger partial charge is 0.236 e. The molecule has 3 rings (SSSR count). The molecule has 0 fully saturated rings. The molecule has 1 aromatic heterocycles. The lowest BCUT2D eigenvalue weighted by Gasteiger charge is -2.02. The highest BCUT2D eigenvalue weighted by Crippen LogP contribution is 2.28. The number of nitrogens with one attached hydrogen (secondary N) is 1. The van der Waals surface area contributed by atoms with Crippen LogP contribution in [0.4, 0.5) is 9.52 Å². The average molecular weight is 406 g/mol. The number of nitrogens with zero attached hydrogens (tertiary/aromatic N) is 2. The number of rotatable bonds is 8. The second-order valence-electron chi connectivity index (χ2n) is 5.31. The molecular formula is C18H16FN3OS3. The predicted octanol–water partition coefficient (Wildman–Crippen LogP) is 4.84. The van der Waals surface area contributed by atoms with Gasteiger partial charge in [-0.1, -0.05) is 65.6 Å². The summed E-state index contributed by atoms with van der Waals surface area (Å²) < 4.78 is 13.7. The number of carbonyl (C=O) groups excluding carboxylic acids is 1. The summed E-state index contributed by atoms with van der Waals surface area (Å²) in [7, 11) is 0. The first-order valence-corrected chi connectivity index (χ1v) is 10.8. The zero-order chi connectivity index (χ0) is 18.2. The van der Waals surface area contributed by atoms with E-state index < -0.39 is 0 Å². The third-order valence-corrected chi connectivity index (χ3v) is 6.32. The van der Waals surface area contributed by atoms with E-state index in [2.05, 4.69) is 27.6 Å². The lowest BCUT2D eigenvalue weighted by atomic mass is 10.2. The van der Waals surface area contributed by atoms with Crippen molar-refractivity contribution in [2.75, 3.05) is 11.1 Å². The Morgan fingerprint density at radius 3 is 2.50 bits per heavy atom. The van der Waals surface area contributed by atoms with Crippen molar-refractivity contribution in [3.63, 3.8) is 0 Å². The molecule has 26 heavy (non-hydrogen) atoms. The van der Waals surface area contributed by atoms with Gasteiger partial charge in [-0.25, -0.2) is 4.39 Å². The van der Waals surface area contributed by atoms with Gasteiger partial charge in [0.1, 0.15) is 5.82 Å². The van der Waals surface area contributed by atoms with Crippen molar-refractivity contribution in [2.24, 2.45) is 0 Å². The molecule has 4 nitrogen and oxygen atoms in total. The molecule has 0 bridgehead atoms. The molecule has 134 valence electrons. The van der Waals surface area contributed by atoms with Gasteiger partial charge in [-0.05, 0) is 23.3 Å². The highest BCUT2D eigenvalue weighted by molar-refractivity contribution is 8.00. The molecule has 8 heteroatoms. The molecule has 0 spiro atoms. The number of hydrogen-bond donors (Lipinski definition) is 1. The van der Waals surface area contributed by atoms with Crippen LogP contribution in [0.25, 0.3) is 0 Å². The quantitative estimate of drug-likeness (QED) is 0.429. The summed E-state index contributed by atoms with van der Waals surface area (Å²) >= 11 is 4.44. The first-order chi connectivity index (χ1) is 12.7. The van der Waals surface area contributed by atoms with Gasteiger partial charge in [0.15, 0.2) is 4.34 Å². The van der Waals surface area contributed by atoms with Gasteiger partial charge in [0.25, 0.3) is 0 Å². The zero-order valence-electron chi connectivity index (χ0n) is 13.7. The number of halogens is 1. The van der Waals surface area contributed by atoms with Crippen molar-refractivity contribution in [1.82, 2.24) is 10.2 Å². The van der Waals surface area contributed by atoms with E-state index in [4.69, 9.17) is 0 Å². The molecule has 2 aromatic carbocycles. The summed E-state index contributed by atoms with van der Waals surface area (Å²) in [4.78, 5) is 12.0. The van der Waals surface area contributed by atoms with E-state index in [9.17, 15) is 9.18 Å². The first kappa shape index (κ1) is 18.9. The number of amides is 1. The van der Waals surface area contributed by atoms with Crippen LogP contribution in [0.5, 0.6) is 0 Å². The summed E-state index contributed by atoms with van der Waals surface area (Å²) in [6.45, 7) is 0. The highest BCUT2D eigenvalue weighted by Gasteiger charge is 2.09. The van der Waals surface area contributed by atoms with Crippen LogP contribution in [0.15, 0.2) is 58.9 Å². The fourth-order valence-electron chi connectivity index (χ4n) is 2.04. The topological polar surface area (TPSA) is 54.9 Å². The first-order valence-electron chi connectivity index (χ1n) is 7.81. The van der Waals surface area contributed by atoms with Gasteiger partial charge >= 0.3 is 0 Å². The molecule has 3 aromatic rings. The van der Waals surface area contributed by atoms with Crippen molar-refractivity contribution in [3.8, 4) is 0 Å².